The molecule has 0 aliphatic carbocycles. The predicted octanol–water partition coefficient (Wildman–Crippen LogP) is 7.52. The molecule has 0 radical (unpaired) electrons. The molecule has 3 fully saturated rings. The zero-order valence-electron chi connectivity index (χ0n) is 25.3. The number of anilines is 2. The van der Waals surface area contributed by atoms with Gasteiger partial charge in [-0.2, -0.15) is 14.4 Å². The van der Waals surface area contributed by atoms with E-state index in [1.807, 2.05) is 0 Å². The first-order valence-corrected chi connectivity index (χ1v) is 15.4. The minimum absolute atomic E-state index is 0.0302. The van der Waals surface area contributed by atoms with Crippen LogP contribution in [0.4, 0.5) is 33.7 Å². The van der Waals surface area contributed by atoms with Gasteiger partial charge in [-0.3, -0.25) is 10.2 Å². The number of ether oxygens (including phenoxy) is 2. The molecule has 45 heavy (non-hydrogen) atoms. The molecule has 3 aliphatic heterocycles. The SMILES string of the molecule is CC(C)(C)OC(=O)Nc1nc2c(-c3c(Cl)cc4c(N5CC6CC(C5)N6C(=O)OC(C)(C)C)nc(F)nc4c3F)ccc(F)c2s1. The number of fused-ring (bicyclic) bond motifs is 4. The second-order valence-electron chi connectivity index (χ2n) is 13.0. The van der Waals surface area contributed by atoms with Crippen molar-refractivity contribution in [2.75, 3.05) is 23.3 Å². The van der Waals surface area contributed by atoms with E-state index in [2.05, 4.69) is 20.3 Å². The number of carbonyl (C=O) groups is 2. The van der Waals surface area contributed by atoms with Crippen LogP contribution >= 0.6 is 22.9 Å². The van der Waals surface area contributed by atoms with Crippen molar-refractivity contribution in [2.24, 2.45) is 0 Å². The predicted molar refractivity (Wildman–Crippen MR) is 165 cm³/mol. The maximum atomic E-state index is 16.3. The number of hydrogen-bond donors (Lipinski definition) is 1. The van der Waals surface area contributed by atoms with Gasteiger partial charge in [-0.05, 0) is 66.2 Å². The fourth-order valence-electron chi connectivity index (χ4n) is 5.66. The molecule has 238 valence electrons. The van der Waals surface area contributed by atoms with E-state index in [0.29, 0.717) is 13.1 Å². The number of nitrogens with one attached hydrogen (secondary N) is 1. The van der Waals surface area contributed by atoms with Crippen LogP contribution in [0.15, 0.2) is 18.2 Å². The summed E-state index contributed by atoms with van der Waals surface area (Å²) in [5.41, 5.74) is -1.74. The van der Waals surface area contributed by atoms with Crippen LogP contribution in [0.5, 0.6) is 0 Å². The van der Waals surface area contributed by atoms with Gasteiger partial charge in [0.05, 0.1) is 27.3 Å². The van der Waals surface area contributed by atoms with Gasteiger partial charge in [-0.25, -0.2) is 23.4 Å². The van der Waals surface area contributed by atoms with Crippen LogP contribution in [0.1, 0.15) is 48.0 Å². The van der Waals surface area contributed by atoms with Gasteiger partial charge in [-0.1, -0.05) is 22.9 Å². The monoisotopic (exact) mass is 662 g/mol. The lowest BCUT2D eigenvalue weighted by Gasteiger charge is -2.56. The number of rotatable bonds is 3. The molecule has 2 bridgehead atoms. The zero-order chi connectivity index (χ0) is 32.6. The molecule has 0 spiro atoms. The molecule has 3 saturated heterocycles. The second kappa shape index (κ2) is 10.9. The lowest BCUT2D eigenvalue weighted by atomic mass is 9.88. The molecule has 2 aromatic carbocycles. The van der Waals surface area contributed by atoms with Crippen molar-refractivity contribution in [2.45, 2.75) is 71.2 Å². The number of hydrogen-bond acceptors (Lipinski definition) is 9. The van der Waals surface area contributed by atoms with Crippen LogP contribution in [-0.4, -0.2) is 68.4 Å². The highest BCUT2D eigenvalue weighted by atomic mass is 35.5. The van der Waals surface area contributed by atoms with Crippen molar-refractivity contribution in [3.63, 3.8) is 0 Å². The summed E-state index contributed by atoms with van der Waals surface area (Å²) in [6.07, 6.45) is -1.60. The van der Waals surface area contributed by atoms with E-state index in [9.17, 15) is 18.4 Å². The summed E-state index contributed by atoms with van der Waals surface area (Å²) in [5, 5.41) is 2.63. The molecule has 15 heteroatoms. The molecule has 2 amide bonds. The van der Waals surface area contributed by atoms with E-state index in [1.165, 1.54) is 12.1 Å². The Labute approximate surface area is 265 Å². The summed E-state index contributed by atoms with van der Waals surface area (Å²) >= 11 is 7.52. The van der Waals surface area contributed by atoms with Crippen molar-refractivity contribution in [3.05, 3.63) is 40.9 Å². The van der Waals surface area contributed by atoms with Crippen molar-refractivity contribution in [1.29, 1.82) is 0 Å². The number of benzene rings is 2. The van der Waals surface area contributed by atoms with Crippen LogP contribution in [0.3, 0.4) is 0 Å². The third-order valence-corrected chi connectivity index (χ3v) is 8.58. The lowest BCUT2D eigenvalue weighted by Crippen LogP contribution is -2.70. The van der Waals surface area contributed by atoms with E-state index in [4.69, 9.17) is 21.1 Å². The highest BCUT2D eigenvalue weighted by molar-refractivity contribution is 7.22. The normalized spacial score (nSPS) is 18.3. The van der Waals surface area contributed by atoms with E-state index in [1.54, 1.807) is 51.3 Å². The van der Waals surface area contributed by atoms with Crippen LogP contribution in [0.2, 0.25) is 5.02 Å². The molecule has 2 unspecified atom stereocenters. The fourth-order valence-corrected chi connectivity index (χ4v) is 6.83. The van der Waals surface area contributed by atoms with Gasteiger partial charge in [0.2, 0.25) is 0 Å². The molecule has 2 atom stereocenters. The van der Waals surface area contributed by atoms with Gasteiger partial charge in [0.1, 0.15) is 28.4 Å². The number of amides is 2. The highest BCUT2D eigenvalue weighted by Crippen LogP contribution is 2.44. The van der Waals surface area contributed by atoms with E-state index < -0.39 is 41.1 Å². The molecule has 4 aromatic rings. The largest absolute Gasteiger partial charge is 0.444 e. The summed E-state index contributed by atoms with van der Waals surface area (Å²) in [6.45, 7) is 11.1. The number of piperazine rings is 1. The first-order valence-electron chi connectivity index (χ1n) is 14.2. The molecular formula is C30H30ClF3N6O4S. The van der Waals surface area contributed by atoms with Gasteiger partial charge >= 0.3 is 18.3 Å². The smallest absolute Gasteiger partial charge is 0.413 e. The Hall–Kier alpha value is -3.91. The van der Waals surface area contributed by atoms with Crippen molar-refractivity contribution in [1.82, 2.24) is 19.9 Å². The fraction of sp³-hybridized carbons (Fsp3) is 0.433. The van der Waals surface area contributed by atoms with Crippen LogP contribution in [-0.2, 0) is 9.47 Å². The number of nitrogens with zero attached hydrogens (tertiary/aromatic N) is 5. The Balaban J connectivity index is 1.36. The number of thiazole rings is 1. The molecule has 5 heterocycles. The average Bonchev–Trinajstić information content (AvgIpc) is 3.32. The summed E-state index contributed by atoms with van der Waals surface area (Å²) in [4.78, 5) is 40.6. The molecule has 2 aromatic heterocycles. The van der Waals surface area contributed by atoms with Crippen LogP contribution in [0.25, 0.3) is 32.2 Å². The summed E-state index contributed by atoms with van der Waals surface area (Å²) in [6, 6.07) is 3.51. The molecule has 1 N–H and O–H groups in total. The number of piperidine rings is 1. The standard InChI is InChI=1S/C30H30ClF3N6O4S/c1-29(2,3)43-27(41)38-26-36-22-15(7-8-18(32)23(22)45-26)19-17(31)10-16-21(20(19)33)35-25(34)37-24(16)39-11-13-9-14(12-39)40(13)28(42)44-30(4,5)6/h7-8,10,13-14H,9,11-12H2,1-6H3,(H,36,38,41). The molecule has 7 rings (SSSR count). The lowest BCUT2D eigenvalue weighted by molar-refractivity contribution is -0.0380. The van der Waals surface area contributed by atoms with Crippen LogP contribution in [0, 0.1) is 17.7 Å². The molecular weight excluding hydrogens is 633 g/mol. The van der Waals surface area contributed by atoms with Gasteiger partial charge in [-0.15, -0.1) is 0 Å². The Bertz CT molecular complexity index is 1860. The van der Waals surface area contributed by atoms with Gasteiger partial charge in [0.25, 0.3) is 0 Å². The Morgan fingerprint density at radius 2 is 1.64 bits per heavy atom. The molecule has 3 aliphatic rings. The van der Waals surface area contributed by atoms with Gasteiger partial charge < -0.3 is 14.4 Å². The summed E-state index contributed by atoms with van der Waals surface area (Å²) in [7, 11) is 0. The van der Waals surface area contributed by atoms with Crippen molar-refractivity contribution < 1.29 is 32.2 Å². The Morgan fingerprint density at radius 3 is 2.29 bits per heavy atom. The third kappa shape index (κ3) is 5.92. The minimum atomic E-state index is -1.14. The zero-order valence-corrected chi connectivity index (χ0v) is 26.9. The average molecular weight is 663 g/mol. The summed E-state index contributed by atoms with van der Waals surface area (Å²) < 4.78 is 56.9. The van der Waals surface area contributed by atoms with Crippen molar-refractivity contribution >= 4 is 67.2 Å². The molecule has 0 saturated carbocycles. The molecule has 10 nitrogen and oxygen atoms in total. The van der Waals surface area contributed by atoms with Crippen LogP contribution < -0.4 is 10.2 Å². The van der Waals surface area contributed by atoms with Gasteiger partial charge in [0.15, 0.2) is 10.9 Å². The topological polar surface area (TPSA) is 110 Å². The first kappa shape index (κ1) is 31.1. The maximum absolute atomic E-state index is 16.3. The quantitative estimate of drug-likeness (QED) is 0.224. The first-order chi connectivity index (χ1) is 21.0. The second-order valence-corrected chi connectivity index (χ2v) is 14.4. The maximum Gasteiger partial charge on any atom is 0.413 e. The van der Waals surface area contributed by atoms with E-state index in [0.717, 1.165) is 23.8 Å². The van der Waals surface area contributed by atoms with Gasteiger partial charge in [0, 0.05) is 29.6 Å². The van der Waals surface area contributed by atoms with Crippen molar-refractivity contribution in [3.8, 4) is 11.1 Å². The minimum Gasteiger partial charge on any atom is -0.444 e. The third-order valence-electron chi connectivity index (χ3n) is 7.31. The number of carbonyl (C=O) groups excluding carboxylic acids is 2. The number of aromatic nitrogens is 3. The number of halogens is 4. The van der Waals surface area contributed by atoms with E-state index in [-0.39, 0.29) is 60.3 Å². The Morgan fingerprint density at radius 1 is 0.978 bits per heavy atom. The highest BCUT2D eigenvalue weighted by Gasteiger charge is 2.49. The Kier molecular flexibility index (Phi) is 7.51. The van der Waals surface area contributed by atoms with E-state index >= 15 is 4.39 Å². The summed E-state index contributed by atoms with van der Waals surface area (Å²) in [5.74, 6) is -1.44.